The minimum Gasteiger partial charge on any atom is -0.347 e. The summed E-state index contributed by atoms with van der Waals surface area (Å²) in [6, 6.07) is 15.5. The van der Waals surface area contributed by atoms with Crippen LogP contribution >= 0.6 is 11.6 Å². The van der Waals surface area contributed by atoms with E-state index in [1.165, 1.54) is 0 Å². The largest absolute Gasteiger partial charge is 0.347 e. The standard InChI is InChI=1S/C18H20ClNO/c1-13-6-4-5-7-14(13)12-17(21)20-18(2,3)15-8-10-16(19)11-9-15/h4-11H,12H2,1-3H3,(H,20,21). The quantitative estimate of drug-likeness (QED) is 0.899. The van der Waals surface area contributed by atoms with Crippen molar-refractivity contribution >= 4 is 17.5 Å². The van der Waals surface area contributed by atoms with E-state index in [9.17, 15) is 4.79 Å². The van der Waals surface area contributed by atoms with Crippen molar-refractivity contribution in [3.63, 3.8) is 0 Å². The van der Waals surface area contributed by atoms with Crippen molar-refractivity contribution in [3.05, 3.63) is 70.2 Å². The first kappa shape index (κ1) is 15.6. The molecule has 0 atom stereocenters. The van der Waals surface area contributed by atoms with Crippen LogP contribution in [0.1, 0.15) is 30.5 Å². The Kier molecular flexibility index (Phi) is 4.69. The number of nitrogens with one attached hydrogen (secondary N) is 1. The molecule has 0 fully saturated rings. The van der Waals surface area contributed by atoms with Crippen molar-refractivity contribution in [3.8, 4) is 0 Å². The second kappa shape index (κ2) is 6.31. The van der Waals surface area contributed by atoms with Crippen molar-refractivity contribution in [2.24, 2.45) is 0 Å². The molecule has 0 aliphatic heterocycles. The van der Waals surface area contributed by atoms with Crippen molar-refractivity contribution < 1.29 is 4.79 Å². The van der Waals surface area contributed by atoms with E-state index >= 15 is 0 Å². The Morgan fingerprint density at radius 1 is 1.10 bits per heavy atom. The summed E-state index contributed by atoms with van der Waals surface area (Å²) >= 11 is 5.90. The minimum absolute atomic E-state index is 0.0178. The Morgan fingerprint density at radius 2 is 1.71 bits per heavy atom. The Hall–Kier alpha value is -1.80. The number of carbonyl (C=O) groups is 1. The Labute approximate surface area is 131 Å². The average molecular weight is 302 g/mol. The molecule has 0 unspecified atom stereocenters. The zero-order valence-electron chi connectivity index (χ0n) is 12.6. The molecule has 0 saturated carbocycles. The molecule has 0 aromatic heterocycles. The molecule has 110 valence electrons. The first-order valence-electron chi connectivity index (χ1n) is 7.00. The first-order valence-corrected chi connectivity index (χ1v) is 7.38. The van der Waals surface area contributed by atoms with E-state index in [1.54, 1.807) is 0 Å². The van der Waals surface area contributed by atoms with Crippen LogP contribution in [0.5, 0.6) is 0 Å². The normalized spacial score (nSPS) is 11.2. The van der Waals surface area contributed by atoms with Gasteiger partial charge in [-0.1, -0.05) is 48.0 Å². The minimum atomic E-state index is -0.426. The topological polar surface area (TPSA) is 29.1 Å². The molecule has 0 aliphatic carbocycles. The van der Waals surface area contributed by atoms with Crippen molar-refractivity contribution in [1.29, 1.82) is 0 Å². The molecular formula is C18H20ClNO. The SMILES string of the molecule is Cc1ccccc1CC(=O)NC(C)(C)c1ccc(Cl)cc1. The molecule has 3 heteroatoms. The predicted octanol–water partition coefficient (Wildman–Crippen LogP) is 4.24. The highest BCUT2D eigenvalue weighted by Crippen LogP contribution is 2.22. The Morgan fingerprint density at radius 3 is 2.33 bits per heavy atom. The van der Waals surface area contributed by atoms with Crippen LogP contribution in [0.3, 0.4) is 0 Å². The highest BCUT2D eigenvalue weighted by Gasteiger charge is 2.22. The smallest absolute Gasteiger partial charge is 0.225 e. The van der Waals surface area contributed by atoms with Crippen LogP contribution in [0.4, 0.5) is 0 Å². The second-order valence-corrected chi connectivity index (χ2v) is 6.22. The van der Waals surface area contributed by atoms with Gasteiger partial charge in [-0.05, 0) is 49.6 Å². The molecule has 0 spiro atoms. The van der Waals surface area contributed by atoms with E-state index < -0.39 is 5.54 Å². The predicted molar refractivity (Wildman–Crippen MR) is 87.5 cm³/mol. The molecule has 2 nitrogen and oxygen atoms in total. The Balaban J connectivity index is 2.08. The molecule has 0 aliphatic rings. The number of halogens is 1. The van der Waals surface area contributed by atoms with E-state index in [2.05, 4.69) is 5.32 Å². The van der Waals surface area contributed by atoms with E-state index in [-0.39, 0.29) is 5.91 Å². The van der Waals surface area contributed by atoms with Gasteiger partial charge in [0.1, 0.15) is 0 Å². The number of carbonyl (C=O) groups excluding carboxylic acids is 1. The third-order valence-corrected chi connectivity index (χ3v) is 3.88. The van der Waals surface area contributed by atoms with Crippen molar-refractivity contribution in [2.75, 3.05) is 0 Å². The van der Waals surface area contributed by atoms with Crippen LogP contribution in [-0.4, -0.2) is 5.91 Å². The molecule has 1 N–H and O–H groups in total. The molecule has 2 aromatic carbocycles. The van der Waals surface area contributed by atoms with Crippen molar-refractivity contribution in [2.45, 2.75) is 32.7 Å². The maximum Gasteiger partial charge on any atom is 0.225 e. The maximum absolute atomic E-state index is 12.3. The summed E-state index contributed by atoms with van der Waals surface area (Å²) in [5, 5.41) is 3.78. The number of hydrogen-bond donors (Lipinski definition) is 1. The van der Waals surface area contributed by atoms with Gasteiger partial charge >= 0.3 is 0 Å². The molecular weight excluding hydrogens is 282 g/mol. The lowest BCUT2D eigenvalue weighted by Crippen LogP contribution is -2.41. The molecule has 2 rings (SSSR count). The van der Waals surface area contributed by atoms with Gasteiger partial charge in [-0.15, -0.1) is 0 Å². The van der Waals surface area contributed by atoms with E-state index in [4.69, 9.17) is 11.6 Å². The van der Waals surface area contributed by atoms with Crippen LogP contribution in [0.15, 0.2) is 48.5 Å². The average Bonchev–Trinajstić information content (AvgIpc) is 2.41. The molecule has 0 heterocycles. The highest BCUT2D eigenvalue weighted by atomic mass is 35.5. The second-order valence-electron chi connectivity index (χ2n) is 5.78. The lowest BCUT2D eigenvalue weighted by Gasteiger charge is -2.27. The van der Waals surface area contributed by atoms with Crippen LogP contribution in [0.25, 0.3) is 0 Å². The number of benzene rings is 2. The zero-order valence-corrected chi connectivity index (χ0v) is 13.4. The molecule has 0 saturated heterocycles. The number of aryl methyl sites for hydroxylation is 1. The summed E-state index contributed by atoms with van der Waals surface area (Å²) < 4.78 is 0. The van der Waals surface area contributed by atoms with Crippen LogP contribution in [0, 0.1) is 6.92 Å². The highest BCUT2D eigenvalue weighted by molar-refractivity contribution is 6.30. The summed E-state index contributed by atoms with van der Waals surface area (Å²) in [7, 11) is 0. The summed E-state index contributed by atoms with van der Waals surface area (Å²) in [4.78, 5) is 12.3. The third-order valence-electron chi connectivity index (χ3n) is 3.63. The fourth-order valence-electron chi connectivity index (χ4n) is 2.31. The molecule has 0 radical (unpaired) electrons. The van der Waals surface area contributed by atoms with E-state index in [0.717, 1.165) is 16.7 Å². The van der Waals surface area contributed by atoms with Gasteiger partial charge in [0, 0.05) is 5.02 Å². The molecule has 21 heavy (non-hydrogen) atoms. The number of hydrogen-bond acceptors (Lipinski definition) is 1. The third kappa shape index (κ3) is 4.08. The lowest BCUT2D eigenvalue weighted by molar-refractivity contribution is -0.122. The molecule has 0 bridgehead atoms. The van der Waals surface area contributed by atoms with Gasteiger partial charge in [-0.25, -0.2) is 0 Å². The zero-order chi connectivity index (χ0) is 15.5. The van der Waals surface area contributed by atoms with Gasteiger partial charge < -0.3 is 5.32 Å². The molecule has 1 amide bonds. The summed E-state index contributed by atoms with van der Waals surface area (Å²) in [6.45, 7) is 6.00. The molecule has 2 aromatic rings. The van der Waals surface area contributed by atoms with Crippen molar-refractivity contribution in [1.82, 2.24) is 5.32 Å². The lowest BCUT2D eigenvalue weighted by atomic mass is 9.93. The van der Waals surface area contributed by atoms with E-state index in [0.29, 0.717) is 11.4 Å². The maximum atomic E-state index is 12.3. The summed E-state index contributed by atoms with van der Waals surface area (Å²) in [5.74, 6) is 0.0178. The number of amides is 1. The summed E-state index contributed by atoms with van der Waals surface area (Å²) in [5.41, 5.74) is 2.80. The van der Waals surface area contributed by atoms with Gasteiger partial charge in [-0.2, -0.15) is 0 Å². The van der Waals surface area contributed by atoms with Gasteiger partial charge in [0.2, 0.25) is 5.91 Å². The van der Waals surface area contributed by atoms with Gasteiger partial charge in [0.15, 0.2) is 0 Å². The van der Waals surface area contributed by atoms with E-state index in [1.807, 2.05) is 69.3 Å². The summed E-state index contributed by atoms with van der Waals surface area (Å²) in [6.07, 6.45) is 0.393. The van der Waals surface area contributed by atoms with Crippen LogP contribution in [0.2, 0.25) is 5.02 Å². The Bertz CT molecular complexity index is 632. The van der Waals surface area contributed by atoms with Gasteiger partial charge in [0.25, 0.3) is 0 Å². The van der Waals surface area contributed by atoms with Gasteiger partial charge in [0.05, 0.1) is 12.0 Å². The fraction of sp³-hybridized carbons (Fsp3) is 0.278. The fourth-order valence-corrected chi connectivity index (χ4v) is 2.44. The first-order chi connectivity index (χ1) is 9.88. The van der Waals surface area contributed by atoms with Crippen LogP contribution in [-0.2, 0) is 16.8 Å². The van der Waals surface area contributed by atoms with Gasteiger partial charge in [-0.3, -0.25) is 4.79 Å². The monoisotopic (exact) mass is 301 g/mol. The number of rotatable bonds is 4. The van der Waals surface area contributed by atoms with Crippen LogP contribution < -0.4 is 5.32 Å².